The smallest absolute Gasteiger partial charge is 0.141 e. The zero-order valence-corrected chi connectivity index (χ0v) is 10.9. The van der Waals surface area contributed by atoms with E-state index in [2.05, 4.69) is 10.3 Å². The molecule has 98 valence electrons. The fraction of sp³-hybridized carbons (Fsp3) is 0.643. The fourth-order valence-electron chi connectivity index (χ4n) is 3.39. The highest BCUT2D eigenvalue weighted by Gasteiger charge is 2.45. The lowest BCUT2D eigenvalue weighted by Gasteiger charge is -2.28. The van der Waals surface area contributed by atoms with Crippen LogP contribution in [0, 0.1) is 5.92 Å². The summed E-state index contributed by atoms with van der Waals surface area (Å²) < 4.78 is 11.4. The van der Waals surface area contributed by atoms with Gasteiger partial charge in [0.25, 0.3) is 0 Å². The van der Waals surface area contributed by atoms with Crippen molar-refractivity contribution in [3.05, 3.63) is 24.0 Å². The molecule has 1 aromatic rings. The van der Waals surface area contributed by atoms with Crippen LogP contribution in [0.5, 0.6) is 5.75 Å². The first-order chi connectivity index (χ1) is 8.83. The average Bonchev–Trinajstić information content (AvgIpc) is 3.03. The third-order valence-corrected chi connectivity index (χ3v) is 4.21. The van der Waals surface area contributed by atoms with E-state index in [0.717, 1.165) is 17.9 Å². The first-order valence-corrected chi connectivity index (χ1v) is 6.65. The molecule has 0 aromatic carbocycles. The third kappa shape index (κ3) is 1.89. The number of rotatable bonds is 4. The molecule has 1 N–H and O–H groups in total. The molecule has 0 saturated carbocycles. The molecular weight excluding hydrogens is 228 g/mol. The molecule has 3 rings (SSSR count). The number of aromatic nitrogens is 1. The van der Waals surface area contributed by atoms with Crippen molar-refractivity contribution in [1.82, 2.24) is 10.3 Å². The summed E-state index contributed by atoms with van der Waals surface area (Å²) in [6.45, 7) is 0. The van der Waals surface area contributed by atoms with Crippen molar-refractivity contribution in [1.29, 1.82) is 0 Å². The SMILES string of the molecule is CNC(c1ncccc1OC)C1CC2CCC1O2. The van der Waals surface area contributed by atoms with E-state index in [1.54, 1.807) is 7.11 Å². The molecule has 2 fully saturated rings. The van der Waals surface area contributed by atoms with Gasteiger partial charge in [-0.2, -0.15) is 0 Å². The van der Waals surface area contributed by atoms with Crippen molar-refractivity contribution in [2.45, 2.75) is 37.5 Å². The summed E-state index contributed by atoms with van der Waals surface area (Å²) in [6.07, 6.45) is 6.22. The number of methoxy groups -OCH3 is 1. The maximum atomic E-state index is 5.95. The van der Waals surface area contributed by atoms with Crippen LogP contribution in [0.3, 0.4) is 0 Å². The Morgan fingerprint density at radius 2 is 2.39 bits per heavy atom. The van der Waals surface area contributed by atoms with E-state index < -0.39 is 0 Å². The van der Waals surface area contributed by atoms with Crippen LogP contribution in [0.1, 0.15) is 31.0 Å². The highest BCUT2D eigenvalue weighted by atomic mass is 16.5. The summed E-state index contributed by atoms with van der Waals surface area (Å²) in [5.74, 6) is 1.37. The van der Waals surface area contributed by atoms with E-state index in [1.807, 2.05) is 25.4 Å². The first-order valence-electron chi connectivity index (χ1n) is 6.65. The molecular formula is C14H20N2O2. The minimum Gasteiger partial charge on any atom is -0.495 e. The van der Waals surface area contributed by atoms with Gasteiger partial charge in [0.15, 0.2) is 0 Å². The van der Waals surface area contributed by atoms with Crippen LogP contribution in [0.15, 0.2) is 18.3 Å². The maximum Gasteiger partial charge on any atom is 0.141 e. The predicted molar refractivity (Wildman–Crippen MR) is 68.6 cm³/mol. The van der Waals surface area contributed by atoms with Gasteiger partial charge in [0.2, 0.25) is 0 Å². The van der Waals surface area contributed by atoms with Crippen LogP contribution in [0.2, 0.25) is 0 Å². The second-order valence-electron chi connectivity index (χ2n) is 5.13. The fourth-order valence-corrected chi connectivity index (χ4v) is 3.39. The van der Waals surface area contributed by atoms with Crippen molar-refractivity contribution >= 4 is 0 Å². The summed E-state index contributed by atoms with van der Waals surface area (Å²) in [7, 11) is 3.69. The number of hydrogen-bond acceptors (Lipinski definition) is 4. The van der Waals surface area contributed by atoms with Gasteiger partial charge in [-0.25, -0.2) is 0 Å². The van der Waals surface area contributed by atoms with Gasteiger partial charge in [-0.15, -0.1) is 0 Å². The van der Waals surface area contributed by atoms with Crippen molar-refractivity contribution < 1.29 is 9.47 Å². The van der Waals surface area contributed by atoms with Gasteiger partial charge in [0.1, 0.15) is 5.75 Å². The lowest BCUT2D eigenvalue weighted by molar-refractivity contribution is 0.0857. The van der Waals surface area contributed by atoms with E-state index in [1.165, 1.54) is 12.8 Å². The normalized spacial score (nSPS) is 31.6. The number of nitrogens with one attached hydrogen (secondary N) is 1. The Labute approximate surface area is 108 Å². The van der Waals surface area contributed by atoms with Gasteiger partial charge in [-0.05, 0) is 38.4 Å². The molecule has 4 unspecified atom stereocenters. The zero-order chi connectivity index (χ0) is 12.5. The summed E-state index contributed by atoms with van der Waals surface area (Å²) >= 11 is 0. The van der Waals surface area contributed by atoms with Crippen molar-refractivity contribution in [2.24, 2.45) is 5.92 Å². The summed E-state index contributed by atoms with van der Waals surface area (Å²) in [5.41, 5.74) is 1.00. The standard InChI is InChI=1S/C14H20N2O2/c1-15-13(10-8-9-5-6-11(10)18-9)14-12(17-2)4-3-7-16-14/h3-4,7,9-11,13,15H,5-6,8H2,1-2H3. The lowest BCUT2D eigenvalue weighted by Crippen LogP contribution is -2.32. The minimum atomic E-state index is 0.219. The van der Waals surface area contributed by atoms with Crippen LogP contribution >= 0.6 is 0 Å². The lowest BCUT2D eigenvalue weighted by atomic mass is 9.82. The summed E-state index contributed by atoms with van der Waals surface area (Å²) in [4.78, 5) is 4.51. The number of nitrogens with zero attached hydrogens (tertiary/aromatic N) is 1. The maximum absolute atomic E-state index is 5.95. The van der Waals surface area contributed by atoms with Crippen LogP contribution in [-0.2, 0) is 4.74 Å². The molecule has 2 aliphatic rings. The Kier molecular flexibility index (Phi) is 3.22. The van der Waals surface area contributed by atoms with Gasteiger partial charge >= 0.3 is 0 Å². The van der Waals surface area contributed by atoms with Crippen LogP contribution in [-0.4, -0.2) is 31.3 Å². The largest absolute Gasteiger partial charge is 0.495 e. The van der Waals surface area contributed by atoms with Crippen molar-refractivity contribution in [3.8, 4) is 5.75 Å². The molecule has 0 spiro atoms. The molecule has 4 nitrogen and oxygen atoms in total. The number of pyridine rings is 1. The highest BCUT2D eigenvalue weighted by molar-refractivity contribution is 5.30. The zero-order valence-electron chi connectivity index (χ0n) is 10.9. The van der Waals surface area contributed by atoms with Crippen molar-refractivity contribution in [2.75, 3.05) is 14.2 Å². The van der Waals surface area contributed by atoms with Crippen molar-refractivity contribution in [3.63, 3.8) is 0 Å². The Balaban J connectivity index is 1.88. The molecule has 0 aliphatic carbocycles. The molecule has 2 aliphatic heterocycles. The Bertz CT molecular complexity index is 424. The molecule has 3 heterocycles. The number of fused-ring (bicyclic) bond motifs is 2. The quantitative estimate of drug-likeness (QED) is 0.884. The molecule has 0 radical (unpaired) electrons. The number of hydrogen-bond donors (Lipinski definition) is 1. The predicted octanol–water partition coefficient (Wildman–Crippen LogP) is 1.92. The van der Waals surface area contributed by atoms with Gasteiger partial charge in [0, 0.05) is 12.1 Å². The molecule has 4 heteroatoms. The van der Waals surface area contributed by atoms with Gasteiger partial charge in [0.05, 0.1) is 31.1 Å². The van der Waals surface area contributed by atoms with Crippen LogP contribution in [0.25, 0.3) is 0 Å². The van der Waals surface area contributed by atoms with Gasteiger partial charge < -0.3 is 14.8 Å². The number of ether oxygens (including phenoxy) is 2. The second-order valence-corrected chi connectivity index (χ2v) is 5.13. The molecule has 2 saturated heterocycles. The van der Waals surface area contributed by atoms with E-state index >= 15 is 0 Å². The Morgan fingerprint density at radius 3 is 3.00 bits per heavy atom. The monoisotopic (exact) mass is 248 g/mol. The van der Waals surface area contributed by atoms with Gasteiger partial charge in [-0.3, -0.25) is 4.98 Å². The molecule has 0 amide bonds. The second kappa shape index (κ2) is 4.86. The third-order valence-electron chi connectivity index (χ3n) is 4.21. The molecule has 2 bridgehead atoms. The Hall–Kier alpha value is -1.13. The van der Waals surface area contributed by atoms with Crippen LogP contribution in [0.4, 0.5) is 0 Å². The minimum absolute atomic E-state index is 0.219. The highest BCUT2D eigenvalue weighted by Crippen LogP contribution is 2.45. The van der Waals surface area contributed by atoms with E-state index in [9.17, 15) is 0 Å². The topological polar surface area (TPSA) is 43.4 Å². The summed E-state index contributed by atoms with van der Waals surface area (Å²) in [5, 5.41) is 3.40. The first kappa shape index (κ1) is 11.9. The Morgan fingerprint density at radius 1 is 1.50 bits per heavy atom. The molecule has 18 heavy (non-hydrogen) atoms. The molecule has 1 aromatic heterocycles. The van der Waals surface area contributed by atoms with Gasteiger partial charge in [-0.1, -0.05) is 0 Å². The van der Waals surface area contributed by atoms with E-state index in [4.69, 9.17) is 9.47 Å². The molecule has 4 atom stereocenters. The van der Waals surface area contributed by atoms with Crippen LogP contribution < -0.4 is 10.1 Å². The average molecular weight is 248 g/mol. The summed E-state index contributed by atoms with van der Waals surface area (Å²) in [6, 6.07) is 4.10. The van der Waals surface area contributed by atoms with E-state index in [-0.39, 0.29) is 6.04 Å². The van der Waals surface area contributed by atoms with E-state index in [0.29, 0.717) is 18.1 Å².